The topological polar surface area (TPSA) is 50.4 Å². The Labute approximate surface area is 120 Å². The molecular formula is C16H24N2O2. The van der Waals surface area contributed by atoms with E-state index in [1.807, 2.05) is 18.2 Å². The zero-order valence-corrected chi connectivity index (χ0v) is 12.3. The Morgan fingerprint density at radius 3 is 3.00 bits per heavy atom. The van der Waals surface area contributed by atoms with Crippen LogP contribution in [0.5, 0.6) is 0 Å². The highest BCUT2D eigenvalue weighted by molar-refractivity contribution is 5.87. The molecule has 1 amide bonds. The van der Waals surface area contributed by atoms with Crippen LogP contribution >= 0.6 is 0 Å². The van der Waals surface area contributed by atoms with Crippen LogP contribution in [0.2, 0.25) is 0 Å². The summed E-state index contributed by atoms with van der Waals surface area (Å²) in [5, 5.41) is 6.22. The van der Waals surface area contributed by atoms with Crippen molar-refractivity contribution in [2.24, 2.45) is 5.92 Å². The highest BCUT2D eigenvalue weighted by atomic mass is 16.5. The molecule has 1 aromatic rings. The molecule has 1 unspecified atom stereocenters. The van der Waals surface area contributed by atoms with Crippen LogP contribution in [0.25, 0.3) is 0 Å². The van der Waals surface area contributed by atoms with Gasteiger partial charge < -0.3 is 15.4 Å². The molecule has 0 radical (unpaired) electrons. The van der Waals surface area contributed by atoms with Crippen molar-refractivity contribution in [3.63, 3.8) is 0 Å². The van der Waals surface area contributed by atoms with Crippen molar-refractivity contribution < 1.29 is 9.53 Å². The molecule has 1 aliphatic rings. The summed E-state index contributed by atoms with van der Waals surface area (Å²) in [6.07, 6.45) is 1.63. The molecule has 1 aromatic carbocycles. The number of amides is 1. The maximum Gasteiger partial charge on any atom is 0.242 e. The number of benzene rings is 1. The average Bonchev–Trinajstić information content (AvgIpc) is 2.86. The zero-order chi connectivity index (χ0) is 14.4. The van der Waals surface area contributed by atoms with E-state index in [0.717, 1.165) is 25.1 Å². The molecule has 0 aliphatic carbocycles. The molecule has 1 atom stereocenters. The number of anilines is 1. The summed E-state index contributed by atoms with van der Waals surface area (Å²) in [4.78, 5) is 12.0. The summed E-state index contributed by atoms with van der Waals surface area (Å²) >= 11 is 0. The fourth-order valence-corrected chi connectivity index (χ4v) is 2.28. The summed E-state index contributed by atoms with van der Waals surface area (Å²) in [6.45, 7) is 6.42. The number of hydrogen-bond acceptors (Lipinski definition) is 3. The van der Waals surface area contributed by atoms with Crippen molar-refractivity contribution in [2.75, 3.05) is 25.1 Å². The first kappa shape index (κ1) is 14.9. The van der Waals surface area contributed by atoms with Gasteiger partial charge in [-0.25, -0.2) is 0 Å². The average molecular weight is 276 g/mol. The van der Waals surface area contributed by atoms with Crippen LogP contribution < -0.4 is 10.6 Å². The van der Waals surface area contributed by atoms with Crippen molar-refractivity contribution in [1.29, 1.82) is 0 Å². The molecule has 1 heterocycles. The van der Waals surface area contributed by atoms with Gasteiger partial charge in [-0.05, 0) is 24.0 Å². The van der Waals surface area contributed by atoms with E-state index < -0.39 is 0 Å². The Morgan fingerprint density at radius 2 is 2.25 bits per heavy atom. The Morgan fingerprint density at radius 1 is 1.45 bits per heavy atom. The second kappa shape index (κ2) is 7.29. The van der Waals surface area contributed by atoms with Crippen molar-refractivity contribution in [3.8, 4) is 0 Å². The number of para-hydroxylation sites is 1. The second-order valence-corrected chi connectivity index (χ2v) is 5.67. The molecule has 4 nitrogen and oxygen atoms in total. The second-order valence-electron chi connectivity index (χ2n) is 5.67. The lowest BCUT2D eigenvalue weighted by molar-refractivity contribution is -0.121. The Bertz CT molecular complexity index is 421. The third kappa shape index (κ3) is 4.23. The predicted octanol–water partition coefficient (Wildman–Crippen LogP) is 2.20. The Kier molecular flexibility index (Phi) is 5.41. The molecule has 0 aromatic heterocycles. The summed E-state index contributed by atoms with van der Waals surface area (Å²) in [5.41, 5.74) is 2.29. The minimum atomic E-state index is -0.135. The van der Waals surface area contributed by atoms with Gasteiger partial charge in [0, 0.05) is 31.9 Å². The van der Waals surface area contributed by atoms with Crippen LogP contribution in [0.3, 0.4) is 0 Å². The smallest absolute Gasteiger partial charge is 0.242 e. The zero-order valence-electron chi connectivity index (χ0n) is 12.3. The SMILES string of the molecule is CC(C)COCCCNC(=O)C1Cc2ccccc2N1. The first-order valence-electron chi connectivity index (χ1n) is 7.36. The van der Waals surface area contributed by atoms with Crippen LogP contribution in [0, 0.1) is 5.92 Å². The molecule has 2 rings (SSSR count). The quantitative estimate of drug-likeness (QED) is 0.751. The Balaban J connectivity index is 1.62. The van der Waals surface area contributed by atoms with Crippen LogP contribution in [-0.4, -0.2) is 31.7 Å². The lowest BCUT2D eigenvalue weighted by atomic mass is 10.1. The summed E-state index contributed by atoms with van der Waals surface area (Å²) < 4.78 is 5.49. The van der Waals surface area contributed by atoms with Crippen molar-refractivity contribution in [1.82, 2.24) is 5.32 Å². The van der Waals surface area contributed by atoms with E-state index in [9.17, 15) is 4.79 Å². The van der Waals surface area contributed by atoms with Crippen LogP contribution in [0.1, 0.15) is 25.8 Å². The van der Waals surface area contributed by atoms with Crippen LogP contribution in [0.15, 0.2) is 24.3 Å². The highest BCUT2D eigenvalue weighted by Gasteiger charge is 2.25. The molecule has 110 valence electrons. The molecule has 0 fully saturated rings. The van der Waals surface area contributed by atoms with Gasteiger partial charge in [0.05, 0.1) is 0 Å². The van der Waals surface area contributed by atoms with E-state index in [4.69, 9.17) is 4.74 Å². The number of hydrogen-bond donors (Lipinski definition) is 2. The van der Waals surface area contributed by atoms with Gasteiger partial charge in [-0.2, -0.15) is 0 Å². The van der Waals surface area contributed by atoms with Crippen LogP contribution in [-0.2, 0) is 16.0 Å². The number of fused-ring (bicyclic) bond motifs is 1. The number of ether oxygens (including phenoxy) is 1. The maximum absolute atomic E-state index is 12.0. The predicted molar refractivity (Wildman–Crippen MR) is 80.8 cm³/mol. The van der Waals surface area contributed by atoms with Gasteiger partial charge >= 0.3 is 0 Å². The van der Waals surface area contributed by atoms with E-state index in [2.05, 4.69) is 30.5 Å². The normalized spacial score (nSPS) is 16.9. The molecule has 1 aliphatic heterocycles. The van der Waals surface area contributed by atoms with E-state index in [1.54, 1.807) is 0 Å². The molecule has 0 saturated heterocycles. The summed E-state index contributed by atoms with van der Waals surface area (Å²) in [5.74, 6) is 0.635. The van der Waals surface area contributed by atoms with Gasteiger partial charge in [0.2, 0.25) is 5.91 Å². The molecule has 0 bridgehead atoms. The number of carbonyl (C=O) groups is 1. The number of nitrogens with one attached hydrogen (secondary N) is 2. The highest BCUT2D eigenvalue weighted by Crippen LogP contribution is 2.24. The summed E-state index contributed by atoms with van der Waals surface area (Å²) in [6, 6.07) is 7.94. The lowest BCUT2D eigenvalue weighted by Gasteiger charge is -2.12. The van der Waals surface area contributed by atoms with Gasteiger partial charge in [0.15, 0.2) is 0 Å². The molecule has 0 saturated carbocycles. The minimum Gasteiger partial charge on any atom is -0.381 e. The minimum absolute atomic E-state index is 0.0741. The van der Waals surface area contributed by atoms with Crippen molar-refractivity contribution in [3.05, 3.63) is 29.8 Å². The third-order valence-electron chi connectivity index (χ3n) is 3.30. The summed E-state index contributed by atoms with van der Waals surface area (Å²) in [7, 11) is 0. The molecule has 4 heteroatoms. The van der Waals surface area contributed by atoms with Gasteiger partial charge in [-0.15, -0.1) is 0 Å². The van der Waals surface area contributed by atoms with Gasteiger partial charge in [-0.3, -0.25) is 4.79 Å². The lowest BCUT2D eigenvalue weighted by Crippen LogP contribution is -2.39. The molecular weight excluding hydrogens is 252 g/mol. The van der Waals surface area contributed by atoms with E-state index in [-0.39, 0.29) is 11.9 Å². The van der Waals surface area contributed by atoms with Crippen LogP contribution in [0.4, 0.5) is 5.69 Å². The third-order valence-corrected chi connectivity index (χ3v) is 3.30. The monoisotopic (exact) mass is 276 g/mol. The Hall–Kier alpha value is -1.55. The van der Waals surface area contributed by atoms with Gasteiger partial charge in [0.1, 0.15) is 6.04 Å². The molecule has 20 heavy (non-hydrogen) atoms. The standard InChI is InChI=1S/C16H24N2O2/c1-12(2)11-20-9-5-8-17-16(19)15-10-13-6-3-4-7-14(13)18-15/h3-4,6-7,12,15,18H,5,8-11H2,1-2H3,(H,17,19). The first-order valence-corrected chi connectivity index (χ1v) is 7.36. The van der Waals surface area contributed by atoms with E-state index in [1.165, 1.54) is 5.56 Å². The van der Waals surface area contributed by atoms with Gasteiger partial charge in [-0.1, -0.05) is 32.0 Å². The molecule has 2 N–H and O–H groups in total. The maximum atomic E-state index is 12.0. The van der Waals surface area contributed by atoms with Crippen molar-refractivity contribution >= 4 is 11.6 Å². The van der Waals surface area contributed by atoms with Crippen molar-refractivity contribution in [2.45, 2.75) is 32.7 Å². The number of carbonyl (C=O) groups excluding carboxylic acids is 1. The molecule has 0 spiro atoms. The van der Waals surface area contributed by atoms with E-state index in [0.29, 0.717) is 19.1 Å². The fourth-order valence-electron chi connectivity index (χ4n) is 2.28. The largest absolute Gasteiger partial charge is 0.381 e. The first-order chi connectivity index (χ1) is 9.66. The number of rotatable bonds is 7. The fraction of sp³-hybridized carbons (Fsp3) is 0.562. The van der Waals surface area contributed by atoms with E-state index >= 15 is 0 Å². The van der Waals surface area contributed by atoms with Gasteiger partial charge in [0.25, 0.3) is 0 Å².